The third-order valence-electron chi connectivity index (χ3n) is 3.55. The van der Waals surface area contributed by atoms with E-state index < -0.39 is 0 Å². The van der Waals surface area contributed by atoms with Crippen LogP contribution in [0.1, 0.15) is 18.9 Å². The smallest absolute Gasteiger partial charge is 0.317 e. The van der Waals surface area contributed by atoms with E-state index in [4.69, 9.17) is 4.74 Å². The number of carbonyl (C=O) groups is 1. The van der Waals surface area contributed by atoms with Gasteiger partial charge in [0.25, 0.3) is 0 Å². The van der Waals surface area contributed by atoms with Crippen LogP contribution >= 0.6 is 0 Å². The number of hydrogen-bond donors (Lipinski definition) is 1. The van der Waals surface area contributed by atoms with E-state index in [0.717, 1.165) is 32.5 Å². The fraction of sp³-hybridized carbons (Fsp3) is 0.667. The van der Waals surface area contributed by atoms with Crippen LogP contribution in [0.3, 0.4) is 0 Å². The quantitative estimate of drug-likeness (QED) is 0.856. The summed E-state index contributed by atoms with van der Waals surface area (Å²) >= 11 is 0. The van der Waals surface area contributed by atoms with Crippen LogP contribution in [-0.4, -0.2) is 53.1 Å². The molecule has 0 aromatic carbocycles. The second-order valence-electron chi connectivity index (χ2n) is 4.87. The van der Waals surface area contributed by atoms with Crippen molar-refractivity contribution in [1.82, 2.24) is 20.0 Å². The largest absolute Gasteiger partial charge is 0.376 e. The first-order chi connectivity index (χ1) is 8.83. The lowest BCUT2D eigenvalue weighted by atomic mass is 10.1. The van der Waals surface area contributed by atoms with E-state index in [0.29, 0.717) is 12.6 Å². The molecule has 1 atom stereocenters. The van der Waals surface area contributed by atoms with Crippen LogP contribution in [0.2, 0.25) is 0 Å². The van der Waals surface area contributed by atoms with E-state index >= 15 is 0 Å². The summed E-state index contributed by atoms with van der Waals surface area (Å²) in [5.74, 6) is 0. The zero-order valence-electron chi connectivity index (χ0n) is 10.3. The molecular weight excluding hydrogens is 232 g/mol. The normalized spacial score (nSPS) is 24.0. The summed E-state index contributed by atoms with van der Waals surface area (Å²) in [5, 5.41) is 7.10. The molecule has 6 heteroatoms. The van der Waals surface area contributed by atoms with Crippen LogP contribution in [0.25, 0.3) is 0 Å². The van der Waals surface area contributed by atoms with E-state index in [9.17, 15) is 4.79 Å². The zero-order chi connectivity index (χ0) is 12.4. The summed E-state index contributed by atoms with van der Waals surface area (Å²) in [4.78, 5) is 13.6. The molecule has 18 heavy (non-hydrogen) atoms. The van der Waals surface area contributed by atoms with Crippen molar-refractivity contribution in [2.75, 3.05) is 26.2 Å². The number of ether oxygens (including phenoxy) is 1. The van der Waals surface area contributed by atoms with Crippen molar-refractivity contribution in [3.63, 3.8) is 0 Å². The Morgan fingerprint density at radius 2 is 2.39 bits per heavy atom. The first kappa shape index (κ1) is 11.5. The molecule has 3 heterocycles. The van der Waals surface area contributed by atoms with Gasteiger partial charge < -0.3 is 15.0 Å². The van der Waals surface area contributed by atoms with Gasteiger partial charge in [0.05, 0.1) is 12.1 Å². The Kier molecular flexibility index (Phi) is 3.19. The summed E-state index contributed by atoms with van der Waals surface area (Å²) in [5.41, 5.74) is 0. The summed E-state index contributed by atoms with van der Waals surface area (Å²) < 4.78 is 7.37. The SMILES string of the molecule is O=C(NCC1CCCO1)N1CC(n2cccn2)C1. The van der Waals surface area contributed by atoms with Gasteiger partial charge in [-0.05, 0) is 18.9 Å². The van der Waals surface area contributed by atoms with Gasteiger partial charge in [0.1, 0.15) is 0 Å². The molecular formula is C12H18N4O2. The van der Waals surface area contributed by atoms with E-state index in [-0.39, 0.29) is 12.1 Å². The fourth-order valence-electron chi connectivity index (χ4n) is 2.40. The van der Waals surface area contributed by atoms with Gasteiger partial charge in [-0.25, -0.2) is 4.79 Å². The first-order valence-corrected chi connectivity index (χ1v) is 6.46. The molecule has 0 saturated carbocycles. The molecule has 3 rings (SSSR count). The minimum atomic E-state index is 0.00825. The summed E-state index contributed by atoms with van der Waals surface area (Å²) in [7, 11) is 0. The van der Waals surface area contributed by atoms with Gasteiger partial charge in [0.15, 0.2) is 0 Å². The Labute approximate surface area is 106 Å². The molecule has 2 amide bonds. The maximum absolute atomic E-state index is 11.8. The lowest BCUT2D eigenvalue weighted by molar-refractivity contribution is 0.0965. The third kappa shape index (κ3) is 2.33. The van der Waals surface area contributed by atoms with Gasteiger partial charge >= 0.3 is 6.03 Å². The van der Waals surface area contributed by atoms with Gasteiger partial charge in [0.2, 0.25) is 0 Å². The second-order valence-corrected chi connectivity index (χ2v) is 4.87. The second kappa shape index (κ2) is 4.97. The van der Waals surface area contributed by atoms with Gasteiger partial charge in [-0.3, -0.25) is 4.68 Å². The first-order valence-electron chi connectivity index (χ1n) is 6.46. The highest BCUT2D eigenvalue weighted by Gasteiger charge is 2.32. The van der Waals surface area contributed by atoms with E-state index in [2.05, 4.69) is 10.4 Å². The number of amides is 2. The lowest BCUT2D eigenvalue weighted by Gasteiger charge is -2.39. The number of carbonyl (C=O) groups excluding carboxylic acids is 1. The summed E-state index contributed by atoms with van der Waals surface area (Å²) in [6.07, 6.45) is 6.06. The van der Waals surface area contributed by atoms with E-state index in [1.165, 1.54) is 0 Å². The fourth-order valence-corrected chi connectivity index (χ4v) is 2.40. The molecule has 1 N–H and O–H groups in total. The van der Waals surface area contributed by atoms with Gasteiger partial charge in [-0.15, -0.1) is 0 Å². The van der Waals surface area contributed by atoms with Crippen molar-refractivity contribution in [3.05, 3.63) is 18.5 Å². The molecule has 1 aromatic heterocycles. The van der Waals surface area contributed by atoms with Crippen LogP contribution in [0, 0.1) is 0 Å². The molecule has 2 aliphatic heterocycles. The molecule has 2 aliphatic rings. The minimum absolute atomic E-state index is 0.00825. The lowest BCUT2D eigenvalue weighted by Crippen LogP contribution is -2.55. The highest BCUT2D eigenvalue weighted by atomic mass is 16.5. The molecule has 0 bridgehead atoms. The van der Waals surface area contributed by atoms with Crippen LogP contribution in [0.15, 0.2) is 18.5 Å². The Morgan fingerprint density at radius 3 is 3.06 bits per heavy atom. The van der Waals surface area contributed by atoms with E-state index in [1.54, 1.807) is 11.1 Å². The van der Waals surface area contributed by atoms with Crippen LogP contribution < -0.4 is 5.32 Å². The Morgan fingerprint density at radius 1 is 1.50 bits per heavy atom. The Balaban J connectivity index is 1.39. The number of nitrogens with zero attached hydrogens (tertiary/aromatic N) is 3. The maximum Gasteiger partial charge on any atom is 0.317 e. The Bertz CT molecular complexity index is 394. The van der Waals surface area contributed by atoms with Crippen LogP contribution in [0.4, 0.5) is 4.79 Å². The molecule has 98 valence electrons. The zero-order valence-corrected chi connectivity index (χ0v) is 10.3. The van der Waals surface area contributed by atoms with Gasteiger partial charge in [-0.1, -0.05) is 0 Å². The third-order valence-corrected chi connectivity index (χ3v) is 3.55. The van der Waals surface area contributed by atoms with E-state index in [1.807, 2.05) is 16.9 Å². The minimum Gasteiger partial charge on any atom is -0.376 e. The molecule has 2 fully saturated rings. The average Bonchev–Trinajstić information content (AvgIpc) is 2.97. The van der Waals surface area contributed by atoms with Crippen molar-refractivity contribution in [2.45, 2.75) is 25.0 Å². The standard InChI is InChI=1S/C12H18N4O2/c17-12(13-7-11-3-1-6-18-11)15-8-10(9-15)16-5-2-4-14-16/h2,4-5,10-11H,1,3,6-9H2,(H,13,17). The van der Waals surface area contributed by atoms with Crippen molar-refractivity contribution in [1.29, 1.82) is 0 Å². The van der Waals surface area contributed by atoms with Crippen LogP contribution in [-0.2, 0) is 4.74 Å². The van der Waals surface area contributed by atoms with Gasteiger partial charge in [-0.2, -0.15) is 5.10 Å². The number of aromatic nitrogens is 2. The van der Waals surface area contributed by atoms with Crippen molar-refractivity contribution in [3.8, 4) is 0 Å². The Hall–Kier alpha value is -1.56. The molecule has 1 unspecified atom stereocenters. The highest BCUT2D eigenvalue weighted by Crippen LogP contribution is 2.20. The monoisotopic (exact) mass is 250 g/mol. The summed E-state index contributed by atoms with van der Waals surface area (Å²) in [6.45, 7) is 2.92. The molecule has 2 saturated heterocycles. The predicted molar refractivity (Wildman–Crippen MR) is 65.2 cm³/mol. The molecule has 0 spiro atoms. The van der Waals surface area contributed by atoms with Crippen molar-refractivity contribution >= 4 is 6.03 Å². The number of urea groups is 1. The van der Waals surface area contributed by atoms with Gasteiger partial charge in [0, 0.05) is 38.6 Å². The number of hydrogen-bond acceptors (Lipinski definition) is 3. The average molecular weight is 250 g/mol. The predicted octanol–water partition coefficient (Wildman–Crippen LogP) is 0.628. The van der Waals surface area contributed by atoms with Crippen LogP contribution in [0.5, 0.6) is 0 Å². The molecule has 0 radical (unpaired) electrons. The summed E-state index contributed by atoms with van der Waals surface area (Å²) in [6, 6.07) is 2.24. The number of likely N-dealkylation sites (tertiary alicyclic amines) is 1. The topological polar surface area (TPSA) is 59.4 Å². The van der Waals surface area contributed by atoms with Crippen molar-refractivity contribution < 1.29 is 9.53 Å². The number of nitrogens with one attached hydrogen (secondary N) is 1. The maximum atomic E-state index is 11.8. The molecule has 1 aromatic rings. The molecule has 6 nitrogen and oxygen atoms in total. The van der Waals surface area contributed by atoms with Crippen molar-refractivity contribution in [2.24, 2.45) is 0 Å². The molecule has 0 aliphatic carbocycles. The number of rotatable bonds is 3. The highest BCUT2D eigenvalue weighted by molar-refractivity contribution is 5.75.